The molecule has 2 aromatic rings. The van der Waals surface area contributed by atoms with E-state index >= 15 is 0 Å². The van der Waals surface area contributed by atoms with Crippen molar-refractivity contribution >= 4 is 17.4 Å². The van der Waals surface area contributed by atoms with Gasteiger partial charge in [-0.25, -0.2) is 4.39 Å². The SMILES string of the molecule is Cc1cccc(Sc2ccc(F)cc2)c1N. The Hall–Kier alpha value is -1.48. The number of hydrogen-bond acceptors (Lipinski definition) is 2. The number of nitrogens with two attached hydrogens (primary N) is 1. The van der Waals surface area contributed by atoms with Gasteiger partial charge in [-0.3, -0.25) is 0 Å². The maximum atomic E-state index is 12.7. The second kappa shape index (κ2) is 4.58. The molecule has 0 radical (unpaired) electrons. The monoisotopic (exact) mass is 233 g/mol. The standard InChI is InChI=1S/C13H12FNS/c1-9-3-2-4-12(13(9)15)16-11-7-5-10(14)6-8-11/h2-8H,15H2,1H3. The van der Waals surface area contributed by atoms with Gasteiger partial charge in [0.05, 0.1) is 0 Å². The molecule has 0 aliphatic heterocycles. The van der Waals surface area contributed by atoms with Crippen molar-refractivity contribution in [2.24, 2.45) is 0 Å². The quantitative estimate of drug-likeness (QED) is 0.797. The van der Waals surface area contributed by atoms with Crippen LogP contribution in [0.5, 0.6) is 0 Å². The van der Waals surface area contributed by atoms with E-state index in [9.17, 15) is 4.39 Å². The Morgan fingerprint density at radius 3 is 2.44 bits per heavy atom. The Kier molecular flexibility index (Phi) is 3.15. The Bertz CT molecular complexity index is 494. The van der Waals surface area contributed by atoms with Crippen LogP contribution in [0.1, 0.15) is 5.56 Å². The zero-order valence-electron chi connectivity index (χ0n) is 8.91. The molecule has 0 saturated carbocycles. The van der Waals surface area contributed by atoms with Crippen molar-refractivity contribution in [3.05, 3.63) is 53.8 Å². The molecule has 0 amide bonds. The smallest absolute Gasteiger partial charge is 0.123 e. The lowest BCUT2D eigenvalue weighted by atomic mass is 10.2. The van der Waals surface area contributed by atoms with E-state index in [-0.39, 0.29) is 5.82 Å². The van der Waals surface area contributed by atoms with E-state index in [2.05, 4.69) is 0 Å². The molecule has 0 spiro atoms. The largest absolute Gasteiger partial charge is 0.398 e. The summed E-state index contributed by atoms with van der Waals surface area (Å²) in [5, 5.41) is 0. The molecule has 0 atom stereocenters. The van der Waals surface area contributed by atoms with Crippen molar-refractivity contribution in [3.8, 4) is 0 Å². The first-order valence-electron chi connectivity index (χ1n) is 4.95. The van der Waals surface area contributed by atoms with Crippen LogP contribution in [0.25, 0.3) is 0 Å². The van der Waals surface area contributed by atoms with Gasteiger partial charge in [-0.15, -0.1) is 0 Å². The molecule has 0 fully saturated rings. The number of aryl methyl sites for hydroxylation is 1. The van der Waals surface area contributed by atoms with E-state index in [4.69, 9.17) is 5.73 Å². The van der Waals surface area contributed by atoms with Crippen LogP contribution in [-0.4, -0.2) is 0 Å². The molecule has 0 aromatic heterocycles. The average molecular weight is 233 g/mol. The zero-order valence-corrected chi connectivity index (χ0v) is 9.72. The van der Waals surface area contributed by atoms with Crippen LogP contribution >= 0.6 is 11.8 Å². The fourth-order valence-electron chi connectivity index (χ4n) is 1.37. The number of anilines is 1. The number of para-hydroxylation sites is 1. The maximum absolute atomic E-state index is 12.7. The second-order valence-electron chi connectivity index (χ2n) is 3.54. The minimum absolute atomic E-state index is 0.221. The highest BCUT2D eigenvalue weighted by Gasteiger charge is 2.03. The molecule has 0 bridgehead atoms. The van der Waals surface area contributed by atoms with Gasteiger partial charge in [-0.2, -0.15) is 0 Å². The summed E-state index contributed by atoms with van der Waals surface area (Å²) in [5.74, 6) is -0.221. The highest BCUT2D eigenvalue weighted by Crippen LogP contribution is 2.33. The van der Waals surface area contributed by atoms with Crippen LogP contribution in [0, 0.1) is 12.7 Å². The molecule has 2 aromatic carbocycles. The van der Waals surface area contributed by atoms with Gasteiger partial charge in [0.2, 0.25) is 0 Å². The summed E-state index contributed by atoms with van der Waals surface area (Å²) in [5.41, 5.74) is 7.82. The lowest BCUT2D eigenvalue weighted by Crippen LogP contribution is -1.91. The Morgan fingerprint density at radius 2 is 1.75 bits per heavy atom. The van der Waals surface area contributed by atoms with Gasteiger partial charge in [0.25, 0.3) is 0 Å². The van der Waals surface area contributed by atoms with Gasteiger partial charge in [-0.1, -0.05) is 23.9 Å². The van der Waals surface area contributed by atoms with Crippen LogP contribution in [0.3, 0.4) is 0 Å². The number of nitrogen functional groups attached to an aromatic ring is 1. The third-order valence-corrected chi connectivity index (χ3v) is 3.41. The summed E-state index contributed by atoms with van der Waals surface area (Å²) in [6.07, 6.45) is 0. The van der Waals surface area contributed by atoms with E-state index in [1.165, 1.54) is 12.1 Å². The van der Waals surface area contributed by atoms with E-state index in [0.717, 1.165) is 21.0 Å². The normalized spacial score (nSPS) is 10.4. The molecule has 2 N–H and O–H groups in total. The Labute approximate surface area is 98.5 Å². The van der Waals surface area contributed by atoms with E-state index in [1.54, 1.807) is 23.9 Å². The van der Waals surface area contributed by atoms with Crippen molar-refractivity contribution in [3.63, 3.8) is 0 Å². The lowest BCUT2D eigenvalue weighted by molar-refractivity contribution is 0.626. The summed E-state index contributed by atoms with van der Waals surface area (Å²) in [7, 11) is 0. The molecule has 0 heterocycles. The predicted molar refractivity (Wildman–Crippen MR) is 66.1 cm³/mol. The van der Waals surface area contributed by atoms with Crippen molar-refractivity contribution in [1.29, 1.82) is 0 Å². The summed E-state index contributed by atoms with van der Waals surface area (Å²) >= 11 is 1.55. The van der Waals surface area contributed by atoms with Gasteiger partial charge < -0.3 is 5.73 Å². The molecule has 3 heteroatoms. The number of benzene rings is 2. The van der Waals surface area contributed by atoms with E-state index in [0.29, 0.717) is 0 Å². The van der Waals surface area contributed by atoms with Crippen molar-refractivity contribution in [2.45, 2.75) is 16.7 Å². The molecule has 0 unspecified atom stereocenters. The summed E-state index contributed by atoms with van der Waals surface area (Å²) in [6, 6.07) is 12.3. The molecule has 82 valence electrons. The third-order valence-electron chi connectivity index (χ3n) is 2.33. The summed E-state index contributed by atoms with van der Waals surface area (Å²) in [4.78, 5) is 1.99. The van der Waals surface area contributed by atoms with Crippen molar-refractivity contribution < 1.29 is 4.39 Å². The van der Waals surface area contributed by atoms with E-state index in [1.807, 2.05) is 25.1 Å². The molecule has 0 aliphatic rings. The van der Waals surface area contributed by atoms with Crippen LogP contribution in [-0.2, 0) is 0 Å². The average Bonchev–Trinajstić information content (AvgIpc) is 2.28. The highest BCUT2D eigenvalue weighted by molar-refractivity contribution is 7.99. The zero-order chi connectivity index (χ0) is 11.5. The molecule has 0 aliphatic carbocycles. The van der Waals surface area contributed by atoms with Gasteiger partial charge in [-0.05, 0) is 42.8 Å². The topological polar surface area (TPSA) is 26.0 Å². The first-order chi connectivity index (χ1) is 7.66. The lowest BCUT2D eigenvalue weighted by Gasteiger charge is -2.07. The van der Waals surface area contributed by atoms with Crippen LogP contribution in [0.2, 0.25) is 0 Å². The summed E-state index contributed by atoms with van der Waals surface area (Å²) in [6.45, 7) is 1.98. The Balaban J connectivity index is 2.27. The number of hydrogen-bond donors (Lipinski definition) is 1. The molecule has 16 heavy (non-hydrogen) atoms. The number of rotatable bonds is 2. The third kappa shape index (κ3) is 2.36. The van der Waals surface area contributed by atoms with Gasteiger partial charge in [0, 0.05) is 15.5 Å². The summed E-state index contributed by atoms with van der Waals surface area (Å²) < 4.78 is 12.7. The minimum Gasteiger partial charge on any atom is -0.398 e. The molecule has 2 rings (SSSR count). The van der Waals surface area contributed by atoms with Gasteiger partial charge in [0.15, 0.2) is 0 Å². The second-order valence-corrected chi connectivity index (χ2v) is 4.66. The highest BCUT2D eigenvalue weighted by atomic mass is 32.2. The first-order valence-corrected chi connectivity index (χ1v) is 5.77. The maximum Gasteiger partial charge on any atom is 0.123 e. The van der Waals surface area contributed by atoms with Gasteiger partial charge in [0.1, 0.15) is 5.82 Å². The minimum atomic E-state index is -0.221. The number of halogens is 1. The van der Waals surface area contributed by atoms with Crippen molar-refractivity contribution in [1.82, 2.24) is 0 Å². The molecular formula is C13H12FNS. The molecular weight excluding hydrogens is 221 g/mol. The predicted octanol–water partition coefficient (Wildman–Crippen LogP) is 3.87. The Morgan fingerprint density at radius 1 is 1.06 bits per heavy atom. The van der Waals surface area contributed by atoms with Crippen LogP contribution in [0.4, 0.5) is 10.1 Å². The fraction of sp³-hybridized carbons (Fsp3) is 0.0769. The van der Waals surface area contributed by atoms with E-state index < -0.39 is 0 Å². The van der Waals surface area contributed by atoms with Crippen LogP contribution < -0.4 is 5.73 Å². The van der Waals surface area contributed by atoms with Crippen molar-refractivity contribution in [2.75, 3.05) is 5.73 Å². The fourth-order valence-corrected chi connectivity index (χ4v) is 2.32. The molecule has 0 saturated heterocycles. The van der Waals surface area contributed by atoms with Gasteiger partial charge >= 0.3 is 0 Å². The molecule has 1 nitrogen and oxygen atoms in total. The van der Waals surface area contributed by atoms with Crippen LogP contribution in [0.15, 0.2) is 52.3 Å². The first kappa shape index (κ1) is 11.0.